The normalized spacial score (nSPS) is 11.7. The lowest BCUT2D eigenvalue weighted by Gasteiger charge is -2.16. The van der Waals surface area contributed by atoms with E-state index in [-0.39, 0.29) is 18.9 Å². The summed E-state index contributed by atoms with van der Waals surface area (Å²) in [4.78, 5) is 32.6. The molecule has 0 aromatic rings. The van der Waals surface area contributed by atoms with Crippen molar-refractivity contribution in [2.45, 2.75) is 38.8 Å². The number of hydrogen-bond donors (Lipinski definition) is 2. The Kier molecular flexibility index (Phi) is 6.74. The highest BCUT2D eigenvalue weighted by Crippen LogP contribution is 2.02. The standard InChI is InChI=1S/C10H16N2O4/c1-7(2)16-10(15)9(12-6-13)4-3-8(14)5-11/h5-7,9,11H,3-4H2,1-2H3,(H,12,13)/t9-/m0/s1. The molecule has 0 bridgehead atoms. The van der Waals surface area contributed by atoms with Gasteiger partial charge in [0.25, 0.3) is 0 Å². The van der Waals surface area contributed by atoms with Crippen molar-refractivity contribution in [1.29, 1.82) is 5.41 Å². The minimum absolute atomic E-state index is 0.0300. The molecule has 6 heteroatoms. The van der Waals surface area contributed by atoms with Crippen LogP contribution in [-0.4, -0.2) is 36.5 Å². The second-order valence-corrected chi connectivity index (χ2v) is 3.47. The van der Waals surface area contributed by atoms with E-state index in [0.717, 1.165) is 0 Å². The number of hydrogen-bond acceptors (Lipinski definition) is 5. The summed E-state index contributed by atoms with van der Waals surface area (Å²) in [5, 5.41) is 8.98. The molecule has 0 aliphatic heterocycles. The molecular formula is C10H16N2O4. The van der Waals surface area contributed by atoms with Gasteiger partial charge in [-0.15, -0.1) is 0 Å². The van der Waals surface area contributed by atoms with E-state index in [0.29, 0.717) is 12.6 Å². The summed E-state index contributed by atoms with van der Waals surface area (Å²) < 4.78 is 4.90. The van der Waals surface area contributed by atoms with Crippen LogP contribution in [-0.2, 0) is 19.1 Å². The first-order valence-electron chi connectivity index (χ1n) is 4.94. The molecule has 90 valence electrons. The highest BCUT2D eigenvalue weighted by atomic mass is 16.5. The number of carbonyl (C=O) groups is 3. The zero-order valence-corrected chi connectivity index (χ0v) is 9.36. The lowest BCUT2D eigenvalue weighted by molar-refractivity contribution is -0.150. The van der Waals surface area contributed by atoms with Crippen LogP contribution in [0.25, 0.3) is 0 Å². The second kappa shape index (κ2) is 7.56. The molecular weight excluding hydrogens is 212 g/mol. The molecule has 0 unspecified atom stereocenters. The summed E-state index contributed by atoms with van der Waals surface area (Å²) in [6, 6.07) is -0.830. The smallest absolute Gasteiger partial charge is 0.328 e. The maximum absolute atomic E-state index is 11.4. The van der Waals surface area contributed by atoms with Gasteiger partial charge >= 0.3 is 5.97 Å². The summed E-state index contributed by atoms with van der Waals surface area (Å²) in [5.74, 6) is -0.963. The van der Waals surface area contributed by atoms with Gasteiger partial charge in [-0.25, -0.2) is 4.79 Å². The van der Waals surface area contributed by atoms with Gasteiger partial charge in [0.1, 0.15) is 6.04 Å². The van der Waals surface area contributed by atoms with E-state index in [9.17, 15) is 14.4 Å². The van der Waals surface area contributed by atoms with E-state index in [2.05, 4.69) is 5.32 Å². The van der Waals surface area contributed by atoms with Crippen LogP contribution in [0, 0.1) is 5.41 Å². The molecule has 0 aromatic heterocycles. The number of Topliss-reactive ketones (excluding diaryl/α,β-unsaturated/α-hetero) is 1. The van der Waals surface area contributed by atoms with Gasteiger partial charge in [0.15, 0.2) is 5.78 Å². The van der Waals surface area contributed by atoms with Crippen molar-refractivity contribution in [3.63, 3.8) is 0 Å². The van der Waals surface area contributed by atoms with Crippen LogP contribution in [0.2, 0.25) is 0 Å². The maximum atomic E-state index is 11.4. The Hall–Kier alpha value is -1.72. The van der Waals surface area contributed by atoms with Gasteiger partial charge in [0.2, 0.25) is 6.41 Å². The molecule has 0 saturated heterocycles. The Balaban J connectivity index is 4.24. The molecule has 0 aliphatic rings. The summed E-state index contributed by atoms with van der Waals surface area (Å²) in [6.07, 6.45) is 0.968. The fraction of sp³-hybridized carbons (Fsp3) is 0.600. The quantitative estimate of drug-likeness (QED) is 0.348. The first kappa shape index (κ1) is 14.3. The van der Waals surface area contributed by atoms with E-state index in [4.69, 9.17) is 10.1 Å². The van der Waals surface area contributed by atoms with Crippen LogP contribution in [0.15, 0.2) is 0 Å². The van der Waals surface area contributed by atoms with Crippen molar-refractivity contribution in [3.8, 4) is 0 Å². The van der Waals surface area contributed by atoms with Crippen molar-refractivity contribution < 1.29 is 19.1 Å². The molecule has 16 heavy (non-hydrogen) atoms. The van der Waals surface area contributed by atoms with Crippen molar-refractivity contribution in [2.75, 3.05) is 0 Å². The van der Waals surface area contributed by atoms with Crippen LogP contribution in [0.1, 0.15) is 26.7 Å². The third-order valence-corrected chi connectivity index (χ3v) is 1.75. The number of ketones is 1. The molecule has 2 N–H and O–H groups in total. The lowest BCUT2D eigenvalue weighted by Crippen LogP contribution is -2.38. The van der Waals surface area contributed by atoms with Crippen LogP contribution in [0.5, 0.6) is 0 Å². The maximum Gasteiger partial charge on any atom is 0.328 e. The molecule has 0 radical (unpaired) electrons. The summed E-state index contributed by atoms with van der Waals surface area (Å²) in [6.45, 7) is 3.39. The van der Waals surface area contributed by atoms with E-state index in [1.54, 1.807) is 13.8 Å². The Labute approximate surface area is 93.9 Å². The molecule has 1 amide bonds. The summed E-state index contributed by atoms with van der Waals surface area (Å²) >= 11 is 0. The molecule has 0 aromatic carbocycles. The third-order valence-electron chi connectivity index (χ3n) is 1.75. The third kappa shape index (κ3) is 5.90. The highest BCUT2D eigenvalue weighted by Gasteiger charge is 2.20. The number of amides is 1. The molecule has 0 aliphatic carbocycles. The Bertz CT molecular complexity index is 276. The predicted octanol–water partition coefficient (Wildman–Crippen LogP) is 0.0515. The summed E-state index contributed by atoms with van der Waals surface area (Å²) in [7, 11) is 0. The molecule has 0 rings (SSSR count). The first-order valence-corrected chi connectivity index (χ1v) is 4.94. The van der Waals surface area contributed by atoms with E-state index in [1.165, 1.54) is 0 Å². The number of esters is 1. The minimum atomic E-state index is -0.830. The SMILES string of the molecule is CC(C)OC(=O)[C@H](CCC(=O)C=N)NC=O. The average Bonchev–Trinajstić information content (AvgIpc) is 2.22. The molecule has 6 nitrogen and oxygen atoms in total. The largest absolute Gasteiger partial charge is 0.461 e. The monoisotopic (exact) mass is 228 g/mol. The zero-order chi connectivity index (χ0) is 12.6. The number of rotatable bonds is 8. The van der Waals surface area contributed by atoms with Gasteiger partial charge in [-0.2, -0.15) is 0 Å². The van der Waals surface area contributed by atoms with Gasteiger partial charge in [-0.3, -0.25) is 9.59 Å². The number of carbonyl (C=O) groups excluding carboxylic acids is 3. The van der Waals surface area contributed by atoms with Gasteiger partial charge in [-0.1, -0.05) is 0 Å². The fourth-order valence-corrected chi connectivity index (χ4v) is 1.02. The summed E-state index contributed by atoms with van der Waals surface area (Å²) in [5.41, 5.74) is 0. The molecule has 1 atom stereocenters. The van der Waals surface area contributed by atoms with Crippen LogP contribution in [0.4, 0.5) is 0 Å². The number of nitrogens with one attached hydrogen (secondary N) is 2. The molecule has 0 heterocycles. The lowest BCUT2D eigenvalue weighted by atomic mass is 10.1. The van der Waals surface area contributed by atoms with Crippen LogP contribution >= 0.6 is 0 Å². The van der Waals surface area contributed by atoms with Gasteiger partial charge in [0, 0.05) is 6.42 Å². The fourth-order valence-electron chi connectivity index (χ4n) is 1.02. The Morgan fingerprint density at radius 3 is 2.50 bits per heavy atom. The van der Waals surface area contributed by atoms with E-state index in [1.807, 2.05) is 0 Å². The second-order valence-electron chi connectivity index (χ2n) is 3.47. The van der Waals surface area contributed by atoms with Crippen LogP contribution < -0.4 is 5.32 Å². The van der Waals surface area contributed by atoms with Crippen LogP contribution in [0.3, 0.4) is 0 Å². The first-order chi connectivity index (χ1) is 7.51. The minimum Gasteiger partial charge on any atom is -0.461 e. The van der Waals surface area contributed by atoms with Crippen molar-refractivity contribution in [1.82, 2.24) is 5.32 Å². The van der Waals surface area contributed by atoms with Gasteiger partial charge < -0.3 is 15.5 Å². The molecule has 0 spiro atoms. The molecule has 0 saturated carbocycles. The van der Waals surface area contributed by atoms with Gasteiger partial charge in [-0.05, 0) is 20.3 Å². The zero-order valence-electron chi connectivity index (χ0n) is 9.36. The molecule has 0 fully saturated rings. The van der Waals surface area contributed by atoms with E-state index < -0.39 is 17.8 Å². The topological polar surface area (TPSA) is 96.3 Å². The number of ether oxygens (including phenoxy) is 1. The van der Waals surface area contributed by atoms with Crippen molar-refractivity contribution in [3.05, 3.63) is 0 Å². The Morgan fingerprint density at radius 2 is 2.06 bits per heavy atom. The van der Waals surface area contributed by atoms with Gasteiger partial charge in [0.05, 0.1) is 12.3 Å². The van der Waals surface area contributed by atoms with Crippen molar-refractivity contribution in [2.24, 2.45) is 0 Å². The van der Waals surface area contributed by atoms with Crippen molar-refractivity contribution >= 4 is 24.4 Å². The predicted molar refractivity (Wildman–Crippen MR) is 57.2 cm³/mol. The highest BCUT2D eigenvalue weighted by molar-refractivity contribution is 6.26. The Morgan fingerprint density at radius 1 is 1.44 bits per heavy atom. The van der Waals surface area contributed by atoms with E-state index >= 15 is 0 Å². The average molecular weight is 228 g/mol.